The fourth-order valence-corrected chi connectivity index (χ4v) is 2.23. The summed E-state index contributed by atoms with van der Waals surface area (Å²) < 4.78 is 10.5. The molecule has 1 aliphatic rings. The van der Waals surface area contributed by atoms with Crippen LogP contribution in [0.2, 0.25) is 5.02 Å². The zero-order valence-corrected chi connectivity index (χ0v) is 12.2. The predicted octanol–water partition coefficient (Wildman–Crippen LogP) is 2.77. The van der Waals surface area contributed by atoms with Crippen LogP contribution in [0.3, 0.4) is 0 Å². The Morgan fingerprint density at radius 3 is 2.80 bits per heavy atom. The largest absolute Gasteiger partial charge is 0.454 e. The fraction of sp³-hybridized carbons (Fsp3) is 0.500. The number of fused-ring (bicyclic) bond motifs is 1. The predicted molar refractivity (Wildman–Crippen MR) is 78.3 cm³/mol. The average Bonchev–Trinajstić information content (AvgIpc) is 2.84. The lowest BCUT2D eigenvalue weighted by Crippen LogP contribution is -2.14. The maximum absolute atomic E-state index is 11.9. The summed E-state index contributed by atoms with van der Waals surface area (Å²) in [6.07, 6.45) is 2.19. The van der Waals surface area contributed by atoms with Gasteiger partial charge in [-0.25, -0.2) is 0 Å². The van der Waals surface area contributed by atoms with E-state index in [1.54, 1.807) is 12.1 Å². The van der Waals surface area contributed by atoms with Gasteiger partial charge in [0.1, 0.15) is 0 Å². The van der Waals surface area contributed by atoms with Crippen molar-refractivity contribution in [2.45, 2.75) is 26.2 Å². The molecule has 1 heterocycles. The van der Waals surface area contributed by atoms with Gasteiger partial charge in [0.15, 0.2) is 11.5 Å². The summed E-state index contributed by atoms with van der Waals surface area (Å²) in [7, 11) is 0. The van der Waals surface area contributed by atoms with Crippen molar-refractivity contribution in [2.75, 3.05) is 18.7 Å². The minimum atomic E-state index is -0.0605. The van der Waals surface area contributed by atoms with Crippen LogP contribution in [0.15, 0.2) is 12.1 Å². The topological polar surface area (TPSA) is 73.6 Å². The molecular weight excluding hydrogens is 280 g/mol. The third-order valence-corrected chi connectivity index (χ3v) is 3.57. The zero-order valence-electron chi connectivity index (χ0n) is 11.4. The smallest absolute Gasteiger partial charge is 0.231 e. The van der Waals surface area contributed by atoms with Gasteiger partial charge >= 0.3 is 0 Å². The molecule has 0 aromatic heterocycles. The Balaban J connectivity index is 1.91. The van der Waals surface area contributed by atoms with Gasteiger partial charge in [0, 0.05) is 18.6 Å². The highest BCUT2D eigenvalue weighted by atomic mass is 35.5. The van der Waals surface area contributed by atoms with Crippen LogP contribution in [-0.2, 0) is 4.79 Å². The Morgan fingerprint density at radius 1 is 1.40 bits per heavy atom. The molecule has 0 saturated heterocycles. The molecule has 3 N–H and O–H groups in total. The summed E-state index contributed by atoms with van der Waals surface area (Å²) in [5.74, 6) is 1.58. The van der Waals surface area contributed by atoms with E-state index in [0.29, 0.717) is 41.1 Å². The third kappa shape index (κ3) is 3.77. The van der Waals surface area contributed by atoms with Gasteiger partial charge in [-0.05, 0) is 25.3 Å². The zero-order chi connectivity index (χ0) is 14.5. The number of benzene rings is 1. The first-order chi connectivity index (χ1) is 9.60. The molecule has 0 bridgehead atoms. The molecule has 110 valence electrons. The highest BCUT2D eigenvalue weighted by molar-refractivity contribution is 6.34. The van der Waals surface area contributed by atoms with Gasteiger partial charge in [-0.1, -0.05) is 18.5 Å². The van der Waals surface area contributed by atoms with Crippen molar-refractivity contribution in [1.82, 2.24) is 0 Å². The maximum Gasteiger partial charge on any atom is 0.231 e. The summed E-state index contributed by atoms with van der Waals surface area (Å²) in [6, 6.07) is 3.34. The van der Waals surface area contributed by atoms with E-state index in [9.17, 15) is 4.79 Å². The van der Waals surface area contributed by atoms with Gasteiger partial charge in [-0.3, -0.25) is 4.79 Å². The summed E-state index contributed by atoms with van der Waals surface area (Å²) in [5.41, 5.74) is 6.04. The van der Waals surface area contributed by atoms with Crippen LogP contribution in [0.25, 0.3) is 0 Å². The Bertz CT molecular complexity index is 494. The average molecular weight is 299 g/mol. The normalized spacial score (nSPS) is 14.2. The lowest BCUT2D eigenvalue weighted by molar-refractivity contribution is -0.116. The molecule has 1 unspecified atom stereocenters. The number of anilines is 1. The summed E-state index contributed by atoms with van der Waals surface area (Å²) >= 11 is 6.10. The van der Waals surface area contributed by atoms with Crippen molar-refractivity contribution in [3.05, 3.63) is 17.2 Å². The minimum Gasteiger partial charge on any atom is -0.454 e. The van der Waals surface area contributed by atoms with E-state index >= 15 is 0 Å². The molecule has 0 saturated carbocycles. The van der Waals surface area contributed by atoms with E-state index < -0.39 is 0 Å². The van der Waals surface area contributed by atoms with Crippen molar-refractivity contribution < 1.29 is 14.3 Å². The second-order valence-electron chi connectivity index (χ2n) is 4.95. The van der Waals surface area contributed by atoms with Crippen molar-refractivity contribution in [1.29, 1.82) is 0 Å². The molecule has 20 heavy (non-hydrogen) atoms. The Hall–Kier alpha value is -1.46. The number of carbonyl (C=O) groups is 1. The fourth-order valence-electron chi connectivity index (χ4n) is 2.03. The number of amides is 1. The van der Waals surface area contributed by atoms with Crippen LogP contribution in [-0.4, -0.2) is 19.2 Å². The van der Waals surface area contributed by atoms with Gasteiger partial charge in [-0.15, -0.1) is 0 Å². The number of halogens is 1. The number of hydrogen-bond donors (Lipinski definition) is 2. The van der Waals surface area contributed by atoms with Crippen molar-refractivity contribution in [3.63, 3.8) is 0 Å². The van der Waals surface area contributed by atoms with Crippen molar-refractivity contribution >= 4 is 23.2 Å². The van der Waals surface area contributed by atoms with Gasteiger partial charge in [0.2, 0.25) is 12.7 Å². The number of carbonyl (C=O) groups excluding carboxylic acids is 1. The molecule has 2 rings (SSSR count). The molecule has 0 aliphatic carbocycles. The summed E-state index contributed by atoms with van der Waals surface area (Å²) in [5, 5.41) is 3.24. The SMILES string of the molecule is CC(CCN)CCC(=O)Nc1cc2c(cc1Cl)OCO2. The lowest BCUT2D eigenvalue weighted by atomic mass is 10.0. The van der Waals surface area contributed by atoms with Gasteiger partial charge < -0.3 is 20.5 Å². The van der Waals surface area contributed by atoms with Crippen LogP contribution in [0.5, 0.6) is 11.5 Å². The molecule has 0 fully saturated rings. The van der Waals surface area contributed by atoms with Crippen LogP contribution < -0.4 is 20.5 Å². The van der Waals surface area contributed by atoms with Crippen LogP contribution in [0, 0.1) is 5.92 Å². The van der Waals surface area contributed by atoms with E-state index in [1.165, 1.54) is 0 Å². The molecule has 5 nitrogen and oxygen atoms in total. The first-order valence-corrected chi connectivity index (χ1v) is 7.07. The number of rotatable bonds is 6. The number of hydrogen-bond acceptors (Lipinski definition) is 4. The first-order valence-electron chi connectivity index (χ1n) is 6.69. The standard InChI is InChI=1S/C14H19ClN2O3/c1-9(4-5-16)2-3-14(18)17-11-7-13-12(6-10(11)15)19-8-20-13/h6-7,9H,2-5,8,16H2,1H3,(H,17,18). The molecule has 6 heteroatoms. The minimum absolute atomic E-state index is 0.0605. The van der Waals surface area contributed by atoms with Gasteiger partial charge in [0.05, 0.1) is 10.7 Å². The highest BCUT2D eigenvalue weighted by Crippen LogP contribution is 2.39. The highest BCUT2D eigenvalue weighted by Gasteiger charge is 2.17. The second-order valence-corrected chi connectivity index (χ2v) is 5.36. The van der Waals surface area contributed by atoms with E-state index in [-0.39, 0.29) is 12.7 Å². The number of nitrogens with two attached hydrogens (primary N) is 1. The Labute approximate surface area is 123 Å². The molecule has 0 spiro atoms. The Morgan fingerprint density at radius 2 is 2.10 bits per heavy atom. The second kappa shape index (κ2) is 6.81. The van der Waals surface area contributed by atoms with Crippen molar-refractivity contribution in [2.24, 2.45) is 11.7 Å². The summed E-state index contributed by atoms with van der Waals surface area (Å²) in [6.45, 7) is 2.92. The molecular formula is C14H19ClN2O3. The quantitative estimate of drug-likeness (QED) is 0.847. The van der Waals surface area contributed by atoms with E-state index in [0.717, 1.165) is 12.8 Å². The lowest BCUT2D eigenvalue weighted by Gasteiger charge is -2.11. The maximum atomic E-state index is 11.9. The monoisotopic (exact) mass is 298 g/mol. The molecule has 1 amide bonds. The molecule has 1 aromatic carbocycles. The number of nitrogens with one attached hydrogen (secondary N) is 1. The molecule has 0 radical (unpaired) electrons. The van der Waals surface area contributed by atoms with E-state index in [4.69, 9.17) is 26.8 Å². The Kier molecular flexibility index (Phi) is 5.09. The molecule has 1 aromatic rings. The van der Waals surface area contributed by atoms with Crippen LogP contribution in [0.1, 0.15) is 26.2 Å². The van der Waals surface area contributed by atoms with E-state index in [1.807, 2.05) is 0 Å². The summed E-state index contributed by atoms with van der Waals surface area (Å²) in [4.78, 5) is 11.9. The third-order valence-electron chi connectivity index (χ3n) is 3.26. The van der Waals surface area contributed by atoms with E-state index in [2.05, 4.69) is 12.2 Å². The van der Waals surface area contributed by atoms with Gasteiger partial charge in [0.25, 0.3) is 0 Å². The van der Waals surface area contributed by atoms with Crippen molar-refractivity contribution in [3.8, 4) is 11.5 Å². The number of ether oxygens (including phenoxy) is 2. The van der Waals surface area contributed by atoms with Crippen LogP contribution >= 0.6 is 11.6 Å². The molecule has 1 atom stereocenters. The molecule has 1 aliphatic heterocycles. The first kappa shape index (κ1) is 14.9. The van der Waals surface area contributed by atoms with Gasteiger partial charge in [-0.2, -0.15) is 0 Å². The van der Waals surface area contributed by atoms with Crippen LogP contribution in [0.4, 0.5) is 5.69 Å².